The van der Waals surface area contributed by atoms with E-state index in [0.29, 0.717) is 52.9 Å². The van der Waals surface area contributed by atoms with Crippen LogP contribution in [-0.2, 0) is 12.8 Å². The van der Waals surface area contributed by atoms with E-state index in [2.05, 4.69) is 39.3 Å². The number of carbonyl (C=O) groups is 2. The van der Waals surface area contributed by atoms with Crippen LogP contribution in [0.2, 0.25) is 0 Å². The number of aromatic nitrogens is 2. The number of alkyl halides is 1. The fourth-order valence-corrected chi connectivity index (χ4v) is 6.25. The van der Waals surface area contributed by atoms with E-state index in [1.807, 2.05) is 73.7 Å². The van der Waals surface area contributed by atoms with E-state index in [1.54, 1.807) is 43.8 Å². The second kappa shape index (κ2) is 19.4. The number of halogens is 1. The average Bonchev–Trinajstić information content (AvgIpc) is 3.86. The number of aryl methyl sites for hydroxylation is 2. The fourth-order valence-electron chi connectivity index (χ4n) is 6.25. The van der Waals surface area contributed by atoms with Gasteiger partial charge in [-0.15, -0.1) is 0 Å². The zero-order valence-corrected chi connectivity index (χ0v) is 32.0. The van der Waals surface area contributed by atoms with Crippen LogP contribution in [-0.4, -0.2) is 59.7 Å². The summed E-state index contributed by atoms with van der Waals surface area (Å²) in [5.41, 5.74) is 15.4. The maximum absolute atomic E-state index is 12.9. The summed E-state index contributed by atoms with van der Waals surface area (Å²) in [6, 6.07) is 34.0. The molecule has 4 N–H and O–H groups in total. The smallest absolute Gasteiger partial charge is 0.338 e. The molecule has 11 nitrogen and oxygen atoms in total. The number of nitrogen functional groups attached to an aromatic ring is 1. The summed E-state index contributed by atoms with van der Waals surface area (Å²) in [4.78, 5) is 41.6. The summed E-state index contributed by atoms with van der Waals surface area (Å²) in [6.45, 7) is 4.09. The van der Waals surface area contributed by atoms with Gasteiger partial charge in [-0.05, 0) is 95.8 Å². The number of ether oxygens (including phenoxy) is 2. The molecule has 2 aromatic heterocycles. The number of fused-ring (bicyclic) bond motifs is 2. The summed E-state index contributed by atoms with van der Waals surface area (Å²) in [6.07, 6.45) is 4.59. The minimum Gasteiger partial charge on any atom is -0.497 e. The molecule has 0 bridgehead atoms. The lowest BCUT2D eigenvalue weighted by Gasteiger charge is -2.10. The van der Waals surface area contributed by atoms with Crippen LogP contribution in [0.15, 0.2) is 132 Å². The van der Waals surface area contributed by atoms with Crippen molar-refractivity contribution < 1.29 is 29.9 Å². The standard InChI is InChI=1S/C22H19N3O2.C17H15NO3.C5H6N2.CH3F/c1-14-7-3-4-8-17(14)19-12-15-11-16(27-2)13-18(21(15)24-19)22(26)25-20-9-5-6-10-23-20;1-10-5-3-4-6-13(10)15-8-11-7-12(21-2)9-14(17(19)20)16(11)18-15;6-5-3-1-2-4-7-5;1-2/h3-11,13H,12H2,1-2H3,(H,23,25,26);3-7,9H,8H2,1-2H3,(H,19,20);1-4H,(H2,6,7);1H3/i;;;1D. The van der Waals surface area contributed by atoms with E-state index in [0.717, 1.165) is 44.8 Å². The molecule has 0 unspecified atom stereocenters. The van der Waals surface area contributed by atoms with Crippen LogP contribution in [0.25, 0.3) is 0 Å². The maximum Gasteiger partial charge on any atom is 0.338 e. The molecule has 6 aromatic rings. The number of benzene rings is 4. The Balaban J connectivity index is 0.000000182. The highest BCUT2D eigenvalue weighted by atomic mass is 19.1. The molecule has 4 aromatic carbocycles. The number of carboxylic acid groups (broad SMARTS) is 1. The quantitative estimate of drug-likeness (QED) is 0.145. The molecule has 8 rings (SSSR count). The molecule has 1 amide bonds. The minimum atomic E-state index is -1.00. The Hall–Kier alpha value is -7.21. The normalized spacial score (nSPS) is 11.9. The second-order valence-corrected chi connectivity index (χ2v) is 12.7. The number of hydrogen-bond donors (Lipinski definition) is 3. The first kappa shape index (κ1) is 39.5. The van der Waals surface area contributed by atoms with Crippen LogP contribution in [0, 0.1) is 13.8 Å². The molecular formula is C45H43FN6O5. The van der Waals surface area contributed by atoms with Gasteiger partial charge in [-0.2, -0.15) is 0 Å². The van der Waals surface area contributed by atoms with Crippen molar-refractivity contribution >= 4 is 46.3 Å². The first-order valence-electron chi connectivity index (χ1n) is 18.4. The van der Waals surface area contributed by atoms with Crippen LogP contribution >= 0.6 is 0 Å². The number of nitrogens with two attached hydrogens (primary N) is 1. The lowest BCUT2D eigenvalue weighted by molar-refractivity contribution is 0.0697. The molecule has 0 radical (unpaired) electrons. The number of amides is 1. The van der Waals surface area contributed by atoms with Gasteiger partial charge in [-0.1, -0.05) is 60.7 Å². The molecule has 290 valence electrons. The number of carbonyl (C=O) groups excluding carboxylic acids is 1. The van der Waals surface area contributed by atoms with Crippen molar-refractivity contribution in [3.63, 3.8) is 0 Å². The van der Waals surface area contributed by atoms with Gasteiger partial charge in [0.05, 0.1) is 56.7 Å². The van der Waals surface area contributed by atoms with Crippen molar-refractivity contribution in [3.05, 3.63) is 166 Å². The van der Waals surface area contributed by atoms with E-state index in [-0.39, 0.29) is 11.5 Å². The lowest BCUT2D eigenvalue weighted by Crippen LogP contribution is -2.13. The summed E-state index contributed by atoms with van der Waals surface area (Å²) < 4.78 is 26.1. The van der Waals surface area contributed by atoms with Crippen molar-refractivity contribution in [1.82, 2.24) is 9.97 Å². The molecule has 4 heterocycles. The molecule has 0 saturated carbocycles. The Morgan fingerprint density at radius 2 is 1.19 bits per heavy atom. The van der Waals surface area contributed by atoms with Gasteiger partial charge in [-0.3, -0.25) is 19.2 Å². The third kappa shape index (κ3) is 10.1. The Morgan fingerprint density at radius 3 is 1.61 bits per heavy atom. The van der Waals surface area contributed by atoms with Gasteiger partial charge >= 0.3 is 5.97 Å². The van der Waals surface area contributed by atoms with E-state index >= 15 is 0 Å². The molecule has 2 aliphatic rings. The predicted octanol–water partition coefficient (Wildman–Crippen LogP) is 8.96. The monoisotopic (exact) mass is 767 g/mol. The van der Waals surface area contributed by atoms with Crippen molar-refractivity contribution in [2.45, 2.75) is 26.7 Å². The number of nitrogens with zero attached hydrogens (tertiary/aromatic N) is 4. The van der Waals surface area contributed by atoms with Crippen molar-refractivity contribution in [2.75, 3.05) is 32.4 Å². The molecule has 12 heteroatoms. The zero-order valence-electron chi connectivity index (χ0n) is 33.0. The summed E-state index contributed by atoms with van der Waals surface area (Å²) in [5, 5.41) is 12.2. The highest BCUT2D eigenvalue weighted by molar-refractivity contribution is 6.14. The Bertz CT molecular complexity index is 2440. The Labute approximate surface area is 332 Å². The molecule has 0 saturated heterocycles. The molecular weight excluding hydrogens is 724 g/mol. The minimum absolute atomic E-state index is 0.188. The maximum atomic E-state index is 12.9. The summed E-state index contributed by atoms with van der Waals surface area (Å²) >= 11 is 0. The van der Waals surface area contributed by atoms with Crippen LogP contribution in [0.5, 0.6) is 11.5 Å². The number of methoxy groups -OCH3 is 2. The van der Waals surface area contributed by atoms with Gasteiger partial charge in [0.25, 0.3) is 5.91 Å². The summed E-state index contributed by atoms with van der Waals surface area (Å²) in [5.74, 6) is 1.02. The number of hydrogen-bond acceptors (Lipinski definition) is 9. The number of rotatable bonds is 7. The van der Waals surface area contributed by atoms with E-state index in [4.69, 9.17) is 21.6 Å². The second-order valence-electron chi connectivity index (χ2n) is 12.7. The topological polar surface area (TPSA) is 161 Å². The predicted molar refractivity (Wildman–Crippen MR) is 223 cm³/mol. The number of nitrogens with one attached hydrogen (secondary N) is 1. The number of aliphatic imine (C=N–C) groups is 2. The van der Waals surface area contributed by atoms with Crippen LogP contribution in [0.3, 0.4) is 0 Å². The van der Waals surface area contributed by atoms with E-state index < -0.39 is 13.1 Å². The van der Waals surface area contributed by atoms with Crippen molar-refractivity contribution in [2.24, 2.45) is 9.98 Å². The van der Waals surface area contributed by atoms with Crippen LogP contribution in [0.4, 0.5) is 27.4 Å². The van der Waals surface area contributed by atoms with Crippen LogP contribution < -0.4 is 20.5 Å². The molecule has 0 aliphatic carbocycles. The van der Waals surface area contributed by atoms with Gasteiger partial charge in [0.2, 0.25) is 0 Å². The molecule has 0 spiro atoms. The Kier molecular flexibility index (Phi) is 13.4. The molecule has 57 heavy (non-hydrogen) atoms. The highest BCUT2D eigenvalue weighted by Gasteiger charge is 2.26. The number of carboxylic acids is 1. The first-order valence-corrected chi connectivity index (χ1v) is 17.7. The van der Waals surface area contributed by atoms with Gasteiger partial charge < -0.3 is 25.6 Å². The van der Waals surface area contributed by atoms with E-state index in [1.165, 1.54) is 13.2 Å². The third-order valence-corrected chi connectivity index (χ3v) is 8.99. The largest absolute Gasteiger partial charge is 0.497 e. The first-order chi connectivity index (χ1) is 28.1. The third-order valence-electron chi connectivity index (χ3n) is 8.99. The van der Waals surface area contributed by atoms with Crippen molar-refractivity contribution in [1.29, 1.82) is 0 Å². The van der Waals surface area contributed by atoms with Gasteiger partial charge in [-0.25, -0.2) is 14.8 Å². The van der Waals surface area contributed by atoms with E-state index in [9.17, 15) is 19.1 Å². The summed E-state index contributed by atoms with van der Waals surface area (Å²) in [7, 11) is 2.13. The number of anilines is 2. The molecule has 2 aliphatic heterocycles. The highest BCUT2D eigenvalue weighted by Crippen LogP contribution is 2.38. The average molecular weight is 768 g/mol. The SMILES string of the molecule is COc1cc2c(c(C(=O)Nc3ccccn3)c1)N=C(c1ccccc1C)C2.COc1cc2c(c(C(=O)O)c1)N=C(c1ccccc1C)C2.Nc1ccccn1.[2H]CF. The molecule has 0 atom stereocenters. The van der Waals surface area contributed by atoms with Gasteiger partial charge in [0, 0.05) is 25.2 Å². The molecule has 0 fully saturated rings. The lowest BCUT2D eigenvalue weighted by atomic mass is 9.99. The number of pyridine rings is 2. The zero-order chi connectivity index (χ0) is 41.6. The van der Waals surface area contributed by atoms with Gasteiger partial charge in [0.1, 0.15) is 23.1 Å². The van der Waals surface area contributed by atoms with Crippen molar-refractivity contribution in [3.8, 4) is 11.5 Å². The number of aromatic carboxylic acids is 1. The van der Waals surface area contributed by atoms with Crippen LogP contribution in [0.1, 0.15) is 55.5 Å². The fraction of sp³-hybridized carbons (Fsp3) is 0.156. The Morgan fingerprint density at radius 1 is 0.719 bits per heavy atom. The van der Waals surface area contributed by atoms with Gasteiger partial charge in [0.15, 0.2) is 0 Å².